The van der Waals surface area contributed by atoms with Gasteiger partial charge in [0.15, 0.2) is 0 Å². The maximum Gasteiger partial charge on any atom is 0.262 e. The molecule has 14 nitrogen and oxygen atoms in total. The molecule has 0 amide bonds. The highest BCUT2D eigenvalue weighted by molar-refractivity contribution is 7.81. The lowest BCUT2D eigenvalue weighted by molar-refractivity contribution is 0.370. The van der Waals surface area contributed by atoms with E-state index in [4.69, 9.17) is 9.97 Å². The summed E-state index contributed by atoms with van der Waals surface area (Å²) in [5.74, 6) is 0.623. The Morgan fingerprint density at radius 2 is 0.800 bits per heavy atom. The molecule has 16 heteroatoms. The standard InChI is InChI=1S/C39H40N4O10S2/c44-38-32-14-8-10-16-34(32)40-36(28-18-22-30(23-19-28)52-54(46,47)48)42(38)26-12-6-4-2-1-3-5-7-13-27-43-37(41-35-17-11-9-15-33(35)39(43)45)29-20-24-31(25-21-29)53-55(49,50)51/h8-11,14-25H,1-7,12-13,26-27H2,(H,46,47,48)(H,49,50,51)/p-2. The Bertz CT molecular complexity index is 2440. The van der Waals surface area contributed by atoms with E-state index in [1.165, 1.54) is 24.3 Å². The first-order chi connectivity index (χ1) is 26.4. The van der Waals surface area contributed by atoms with Crippen molar-refractivity contribution in [1.29, 1.82) is 0 Å². The number of para-hydroxylation sites is 2. The van der Waals surface area contributed by atoms with Gasteiger partial charge in [-0.3, -0.25) is 18.7 Å². The number of hydrogen-bond donors (Lipinski definition) is 0. The summed E-state index contributed by atoms with van der Waals surface area (Å²) in [6, 6.07) is 25.8. The summed E-state index contributed by atoms with van der Waals surface area (Å²) in [4.78, 5) is 36.5. The van der Waals surface area contributed by atoms with Crippen LogP contribution in [-0.2, 0) is 33.9 Å². The molecule has 0 saturated heterocycles. The van der Waals surface area contributed by atoms with Crippen LogP contribution in [0.25, 0.3) is 44.6 Å². The van der Waals surface area contributed by atoms with Gasteiger partial charge in [0.25, 0.3) is 31.9 Å². The lowest BCUT2D eigenvalue weighted by atomic mass is 10.1. The first-order valence-corrected chi connectivity index (χ1v) is 20.5. The molecule has 288 valence electrons. The second kappa shape index (κ2) is 17.4. The van der Waals surface area contributed by atoms with Gasteiger partial charge < -0.3 is 17.5 Å². The van der Waals surface area contributed by atoms with Gasteiger partial charge >= 0.3 is 0 Å². The van der Waals surface area contributed by atoms with Gasteiger partial charge in [0.1, 0.15) is 23.1 Å². The molecule has 0 fully saturated rings. The molecular weight excluding hydrogens is 749 g/mol. The topological polar surface area (TPSA) is 203 Å². The van der Waals surface area contributed by atoms with Crippen LogP contribution in [0.1, 0.15) is 57.8 Å². The van der Waals surface area contributed by atoms with Gasteiger partial charge in [-0.15, -0.1) is 0 Å². The highest BCUT2D eigenvalue weighted by atomic mass is 32.3. The first-order valence-electron chi connectivity index (χ1n) is 17.9. The minimum atomic E-state index is -4.92. The van der Waals surface area contributed by atoms with Crippen LogP contribution in [0.15, 0.2) is 107 Å². The summed E-state index contributed by atoms with van der Waals surface area (Å²) in [5.41, 5.74) is 1.91. The molecule has 2 aromatic heterocycles. The Morgan fingerprint density at radius 3 is 1.15 bits per heavy atom. The van der Waals surface area contributed by atoms with Crippen molar-refractivity contribution in [3.05, 3.63) is 118 Å². The maximum absolute atomic E-state index is 13.5. The number of hydrogen-bond acceptors (Lipinski definition) is 12. The van der Waals surface area contributed by atoms with E-state index in [1.54, 1.807) is 81.9 Å². The van der Waals surface area contributed by atoms with Gasteiger partial charge in [-0.25, -0.2) is 26.8 Å². The van der Waals surface area contributed by atoms with Crippen molar-refractivity contribution in [2.75, 3.05) is 0 Å². The molecule has 0 radical (unpaired) electrons. The molecule has 6 aromatic rings. The Morgan fingerprint density at radius 1 is 0.473 bits per heavy atom. The molecule has 4 aromatic carbocycles. The largest absolute Gasteiger partial charge is 0.716 e. The molecule has 6 rings (SSSR count). The Labute approximate surface area is 318 Å². The average Bonchev–Trinajstić information content (AvgIpc) is 3.14. The fourth-order valence-corrected chi connectivity index (χ4v) is 7.22. The summed E-state index contributed by atoms with van der Waals surface area (Å²) >= 11 is 0. The van der Waals surface area contributed by atoms with Crippen molar-refractivity contribution < 1.29 is 34.3 Å². The van der Waals surface area contributed by atoms with Crippen molar-refractivity contribution in [1.82, 2.24) is 19.1 Å². The predicted molar refractivity (Wildman–Crippen MR) is 205 cm³/mol. The zero-order valence-electron chi connectivity index (χ0n) is 29.7. The smallest absolute Gasteiger partial charge is 0.262 e. The van der Waals surface area contributed by atoms with E-state index < -0.39 is 20.8 Å². The van der Waals surface area contributed by atoms with Crippen molar-refractivity contribution in [3.8, 4) is 34.3 Å². The van der Waals surface area contributed by atoms with Crippen LogP contribution < -0.4 is 19.5 Å². The molecular formula is C39H38N4O10S2-2. The van der Waals surface area contributed by atoms with Gasteiger partial charge in [0.05, 0.1) is 21.8 Å². The third-order valence-corrected chi connectivity index (χ3v) is 9.90. The van der Waals surface area contributed by atoms with Gasteiger partial charge in [-0.1, -0.05) is 69.2 Å². The minimum Gasteiger partial charge on any atom is -0.716 e. The Kier molecular flexibility index (Phi) is 12.4. The normalized spacial score (nSPS) is 12.0. The fraction of sp³-hybridized carbons (Fsp3) is 0.282. The van der Waals surface area contributed by atoms with Gasteiger partial charge in [-0.05, 0) is 85.6 Å². The molecule has 0 unspecified atom stereocenters. The number of aromatic nitrogens is 4. The zero-order chi connectivity index (χ0) is 39.0. The number of benzene rings is 4. The Hall–Kier alpha value is -5.42. The average molecular weight is 787 g/mol. The molecule has 0 N–H and O–H groups in total. The molecule has 55 heavy (non-hydrogen) atoms. The Balaban J connectivity index is 0.991. The summed E-state index contributed by atoms with van der Waals surface area (Å²) < 4.78 is 78.0. The lowest BCUT2D eigenvalue weighted by Crippen LogP contribution is -2.23. The van der Waals surface area contributed by atoms with E-state index in [1.807, 2.05) is 0 Å². The van der Waals surface area contributed by atoms with Gasteiger partial charge in [0, 0.05) is 24.2 Å². The van der Waals surface area contributed by atoms with Gasteiger partial charge in [0.2, 0.25) is 0 Å². The van der Waals surface area contributed by atoms with Crippen LogP contribution in [0, 0.1) is 0 Å². The van der Waals surface area contributed by atoms with E-state index in [2.05, 4.69) is 8.37 Å². The van der Waals surface area contributed by atoms with E-state index in [0.29, 0.717) is 57.7 Å². The monoisotopic (exact) mass is 786 g/mol. The molecule has 0 aliphatic rings. The van der Waals surface area contributed by atoms with Crippen LogP contribution in [0.2, 0.25) is 0 Å². The van der Waals surface area contributed by atoms with Crippen LogP contribution >= 0.6 is 0 Å². The van der Waals surface area contributed by atoms with E-state index >= 15 is 0 Å². The van der Waals surface area contributed by atoms with Crippen molar-refractivity contribution in [3.63, 3.8) is 0 Å². The maximum atomic E-state index is 13.5. The van der Waals surface area contributed by atoms with Crippen LogP contribution in [0.3, 0.4) is 0 Å². The van der Waals surface area contributed by atoms with Crippen LogP contribution in [0.5, 0.6) is 11.5 Å². The highest BCUT2D eigenvalue weighted by Crippen LogP contribution is 2.25. The number of rotatable bonds is 18. The molecule has 0 bridgehead atoms. The minimum absolute atomic E-state index is 0.128. The number of unbranched alkanes of at least 4 members (excludes halogenated alkanes) is 8. The molecule has 0 aliphatic heterocycles. The summed E-state index contributed by atoms with van der Waals surface area (Å²) in [7, 11) is -9.83. The van der Waals surface area contributed by atoms with Crippen LogP contribution in [0.4, 0.5) is 0 Å². The van der Waals surface area contributed by atoms with Gasteiger partial charge in [-0.2, -0.15) is 0 Å². The summed E-state index contributed by atoms with van der Waals surface area (Å²) in [6.07, 6.45) is 8.44. The fourth-order valence-electron chi connectivity index (χ4n) is 6.52. The lowest BCUT2D eigenvalue weighted by Gasteiger charge is -2.15. The SMILES string of the molecule is O=c1c2ccccc2nc(-c2ccc(OS(=O)(=O)[O-])cc2)n1CCCCCCCCCCCn1c(-c2ccc(OS(=O)(=O)[O-])cc2)nc2ccccc2c1=O. The van der Waals surface area contributed by atoms with Crippen molar-refractivity contribution in [2.24, 2.45) is 0 Å². The molecule has 0 spiro atoms. The third kappa shape index (κ3) is 10.4. The van der Waals surface area contributed by atoms with E-state index in [0.717, 1.165) is 57.8 Å². The van der Waals surface area contributed by atoms with Crippen molar-refractivity contribution in [2.45, 2.75) is 70.9 Å². The molecule has 2 heterocycles. The first kappa shape index (κ1) is 39.3. The zero-order valence-corrected chi connectivity index (χ0v) is 31.3. The molecule has 0 aliphatic carbocycles. The summed E-state index contributed by atoms with van der Waals surface area (Å²) in [6.45, 7) is 0.897. The van der Waals surface area contributed by atoms with E-state index in [-0.39, 0.29) is 22.6 Å². The number of nitrogens with zero attached hydrogens (tertiary/aromatic N) is 4. The second-order valence-electron chi connectivity index (χ2n) is 13.0. The number of fused-ring (bicyclic) bond motifs is 2. The third-order valence-electron chi connectivity index (χ3n) is 9.11. The van der Waals surface area contributed by atoms with E-state index in [9.17, 15) is 35.5 Å². The summed E-state index contributed by atoms with van der Waals surface area (Å²) in [5, 5.41) is 1.00. The van der Waals surface area contributed by atoms with Crippen molar-refractivity contribution >= 4 is 42.6 Å². The highest BCUT2D eigenvalue weighted by Gasteiger charge is 2.15. The predicted octanol–water partition coefficient (Wildman–Crippen LogP) is 6.33. The molecule has 0 atom stereocenters. The second-order valence-corrected chi connectivity index (χ2v) is 15.0. The van der Waals surface area contributed by atoms with Crippen LogP contribution in [-0.4, -0.2) is 45.0 Å². The molecule has 0 saturated carbocycles. The quantitative estimate of drug-likeness (QED) is 0.0533.